The van der Waals surface area contributed by atoms with E-state index in [1.807, 2.05) is 22.6 Å². The fraction of sp³-hybridized carbons (Fsp3) is 0.385. The first-order valence-electron chi connectivity index (χ1n) is 6.29. The summed E-state index contributed by atoms with van der Waals surface area (Å²) in [5, 5.41) is 11.6. The molecule has 5 nitrogen and oxygen atoms in total. The van der Waals surface area contributed by atoms with Crippen LogP contribution in [-0.4, -0.2) is 46.1 Å². The Balaban J connectivity index is 2.08. The van der Waals surface area contributed by atoms with Crippen LogP contribution in [0.5, 0.6) is 0 Å². The van der Waals surface area contributed by atoms with Crippen molar-refractivity contribution in [3.8, 4) is 0 Å². The van der Waals surface area contributed by atoms with Crippen molar-refractivity contribution in [3.05, 3.63) is 27.6 Å². The monoisotopic (exact) mass is 424 g/mol. The summed E-state index contributed by atoms with van der Waals surface area (Å²) < 4.78 is 13.6. The van der Waals surface area contributed by atoms with E-state index in [9.17, 15) is 14.0 Å². The van der Waals surface area contributed by atoms with Crippen molar-refractivity contribution in [2.24, 2.45) is 0 Å². The summed E-state index contributed by atoms with van der Waals surface area (Å²) in [7, 11) is 0. The van der Waals surface area contributed by atoms with Crippen LogP contribution in [0, 0.1) is 9.39 Å². The Morgan fingerprint density at radius 2 is 2.29 bits per heavy atom. The molecule has 1 aromatic carbocycles. The summed E-state index contributed by atoms with van der Waals surface area (Å²) in [6, 6.07) is 3.44. The Kier molecular flexibility index (Phi) is 5.68. The van der Waals surface area contributed by atoms with Crippen molar-refractivity contribution in [3.63, 3.8) is 0 Å². The van der Waals surface area contributed by atoms with E-state index in [4.69, 9.17) is 5.11 Å². The molecular weight excluding hydrogens is 410 g/mol. The van der Waals surface area contributed by atoms with Gasteiger partial charge in [0.25, 0.3) is 0 Å². The number of rotatable bonds is 3. The van der Waals surface area contributed by atoms with Gasteiger partial charge in [0.05, 0.1) is 18.2 Å². The molecular formula is C13H14FIN2O3S. The van der Waals surface area contributed by atoms with Crippen molar-refractivity contribution in [1.82, 2.24) is 4.90 Å². The van der Waals surface area contributed by atoms with E-state index >= 15 is 0 Å². The van der Waals surface area contributed by atoms with Gasteiger partial charge in [0, 0.05) is 21.6 Å². The molecule has 2 amide bonds. The van der Waals surface area contributed by atoms with E-state index in [-0.39, 0.29) is 24.3 Å². The smallest absolute Gasteiger partial charge is 0.322 e. The maximum atomic E-state index is 13.0. The predicted molar refractivity (Wildman–Crippen MR) is 88.2 cm³/mol. The molecule has 0 saturated carbocycles. The SMILES string of the molecule is O=C(O)CC1CSCCN1C(=O)Nc1ccc(F)cc1I. The largest absolute Gasteiger partial charge is 0.481 e. The fourth-order valence-corrected chi connectivity index (χ4v) is 3.75. The Morgan fingerprint density at radius 1 is 1.52 bits per heavy atom. The molecule has 114 valence electrons. The van der Waals surface area contributed by atoms with Gasteiger partial charge >= 0.3 is 12.0 Å². The number of thioether (sulfide) groups is 1. The zero-order valence-electron chi connectivity index (χ0n) is 11.0. The van der Waals surface area contributed by atoms with E-state index in [1.54, 1.807) is 16.7 Å². The summed E-state index contributed by atoms with van der Waals surface area (Å²) in [5.41, 5.74) is 0.523. The second-order valence-corrected chi connectivity index (χ2v) is 6.89. The number of hydrogen-bond acceptors (Lipinski definition) is 3. The average molecular weight is 424 g/mol. The number of amides is 2. The molecule has 0 spiro atoms. The first-order valence-corrected chi connectivity index (χ1v) is 8.53. The maximum absolute atomic E-state index is 13.0. The molecule has 2 N–H and O–H groups in total. The molecule has 0 aromatic heterocycles. The summed E-state index contributed by atoms with van der Waals surface area (Å²) in [4.78, 5) is 24.7. The van der Waals surface area contributed by atoms with Crippen molar-refractivity contribution < 1.29 is 19.1 Å². The van der Waals surface area contributed by atoms with Gasteiger partial charge in [-0.3, -0.25) is 4.79 Å². The maximum Gasteiger partial charge on any atom is 0.322 e. The van der Waals surface area contributed by atoms with Crippen LogP contribution in [0.2, 0.25) is 0 Å². The number of carbonyl (C=O) groups is 2. The fourth-order valence-electron chi connectivity index (χ4n) is 2.07. The van der Waals surface area contributed by atoms with Crippen LogP contribution in [-0.2, 0) is 4.79 Å². The van der Waals surface area contributed by atoms with Crippen LogP contribution < -0.4 is 5.32 Å². The number of benzene rings is 1. The molecule has 21 heavy (non-hydrogen) atoms. The number of carboxylic acids is 1. The number of anilines is 1. The van der Waals surface area contributed by atoms with Crippen LogP contribution >= 0.6 is 34.4 Å². The lowest BCUT2D eigenvalue weighted by molar-refractivity contribution is -0.137. The predicted octanol–water partition coefficient (Wildman–Crippen LogP) is 2.85. The number of aliphatic carboxylic acids is 1. The molecule has 1 atom stereocenters. The summed E-state index contributed by atoms with van der Waals surface area (Å²) in [6.45, 7) is 0.506. The summed E-state index contributed by atoms with van der Waals surface area (Å²) in [6.07, 6.45) is -0.0685. The van der Waals surface area contributed by atoms with Crippen molar-refractivity contribution in [1.29, 1.82) is 0 Å². The lowest BCUT2D eigenvalue weighted by Crippen LogP contribution is -2.49. The van der Waals surface area contributed by atoms with Crippen molar-refractivity contribution >= 4 is 52.0 Å². The topological polar surface area (TPSA) is 69.6 Å². The van der Waals surface area contributed by atoms with Crippen LogP contribution in [0.1, 0.15) is 6.42 Å². The minimum atomic E-state index is -0.920. The summed E-state index contributed by atoms with van der Waals surface area (Å²) >= 11 is 3.59. The number of halogens is 2. The van der Waals surface area contributed by atoms with Gasteiger partial charge in [0.2, 0.25) is 0 Å². The highest BCUT2D eigenvalue weighted by Gasteiger charge is 2.29. The lowest BCUT2D eigenvalue weighted by Gasteiger charge is -2.34. The molecule has 2 rings (SSSR count). The molecule has 1 aliphatic rings. The molecule has 1 saturated heterocycles. The van der Waals surface area contributed by atoms with E-state index < -0.39 is 5.97 Å². The normalized spacial score (nSPS) is 18.4. The third-order valence-corrected chi connectivity index (χ3v) is 5.06. The quantitative estimate of drug-likeness (QED) is 0.733. The van der Waals surface area contributed by atoms with Gasteiger partial charge in [-0.2, -0.15) is 11.8 Å². The molecule has 1 unspecified atom stereocenters. The number of hydrogen-bond donors (Lipinski definition) is 2. The second-order valence-electron chi connectivity index (χ2n) is 4.57. The zero-order valence-corrected chi connectivity index (χ0v) is 14.0. The lowest BCUT2D eigenvalue weighted by atomic mass is 10.2. The van der Waals surface area contributed by atoms with Gasteiger partial charge in [-0.1, -0.05) is 0 Å². The highest BCUT2D eigenvalue weighted by molar-refractivity contribution is 14.1. The molecule has 0 radical (unpaired) electrons. The first-order chi connectivity index (χ1) is 9.97. The van der Waals surface area contributed by atoms with Gasteiger partial charge in [-0.25, -0.2) is 9.18 Å². The molecule has 0 bridgehead atoms. The average Bonchev–Trinajstić information content (AvgIpc) is 2.42. The Labute approximate surface area is 139 Å². The number of urea groups is 1. The number of nitrogens with zero attached hydrogens (tertiary/aromatic N) is 1. The number of carbonyl (C=O) groups excluding carboxylic acids is 1. The minimum Gasteiger partial charge on any atom is -0.481 e. The summed E-state index contributed by atoms with van der Waals surface area (Å²) in [5.74, 6) is 0.108. The third-order valence-electron chi connectivity index (χ3n) is 3.07. The Hall–Kier alpha value is -1.03. The molecule has 1 aliphatic heterocycles. The van der Waals surface area contributed by atoms with Crippen LogP contribution in [0.25, 0.3) is 0 Å². The van der Waals surface area contributed by atoms with Gasteiger partial charge in [0.1, 0.15) is 5.82 Å². The zero-order chi connectivity index (χ0) is 15.4. The molecule has 0 aliphatic carbocycles. The van der Waals surface area contributed by atoms with E-state index in [0.717, 1.165) is 5.75 Å². The standard InChI is InChI=1S/C13H14FIN2O3S/c14-8-1-2-11(10(15)5-8)16-13(20)17-3-4-21-7-9(17)6-12(18)19/h1-2,5,9H,3-4,6-7H2,(H,16,20)(H,18,19). The molecule has 1 heterocycles. The second kappa shape index (κ2) is 7.30. The minimum absolute atomic E-state index is 0.0685. The van der Waals surface area contributed by atoms with E-state index in [2.05, 4.69) is 5.32 Å². The van der Waals surface area contributed by atoms with Crippen LogP contribution in [0.4, 0.5) is 14.9 Å². The van der Waals surface area contributed by atoms with Gasteiger partial charge in [-0.05, 0) is 40.8 Å². The van der Waals surface area contributed by atoms with Gasteiger partial charge < -0.3 is 15.3 Å². The third kappa shape index (κ3) is 4.47. The highest BCUT2D eigenvalue weighted by Crippen LogP contribution is 2.23. The van der Waals surface area contributed by atoms with Gasteiger partial charge in [-0.15, -0.1) is 0 Å². The number of nitrogens with one attached hydrogen (secondary N) is 1. The number of carboxylic acid groups (broad SMARTS) is 1. The van der Waals surface area contributed by atoms with E-state index in [1.165, 1.54) is 18.2 Å². The van der Waals surface area contributed by atoms with Crippen molar-refractivity contribution in [2.45, 2.75) is 12.5 Å². The Bertz CT molecular complexity index is 558. The van der Waals surface area contributed by atoms with Crippen LogP contribution in [0.15, 0.2) is 18.2 Å². The van der Waals surface area contributed by atoms with Crippen LogP contribution in [0.3, 0.4) is 0 Å². The van der Waals surface area contributed by atoms with Crippen molar-refractivity contribution in [2.75, 3.05) is 23.4 Å². The van der Waals surface area contributed by atoms with E-state index in [0.29, 0.717) is 21.6 Å². The first kappa shape index (κ1) is 16.3. The molecule has 1 fully saturated rings. The van der Waals surface area contributed by atoms with Gasteiger partial charge in [0.15, 0.2) is 0 Å². The molecule has 8 heteroatoms. The molecule has 1 aromatic rings. The Morgan fingerprint density at radius 3 is 2.95 bits per heavy atom. The highest BCUT2D eigenvalue weighted by atomic mass is 127.